The fourth-order valence-corrected chi connectivity index (χ4v) is 0.741. The molecule has 0 aliphatic rings. The lowest BCUT2D eigenvalue weighted by atomic mass is 10.4. The molecule has 0 radical (unpaired) electrons. The van der Waals surface area contributed by atoms with Crippen LogP contribution in [0.3, 0.4) is 0 Å². The highest BCUT2D eigenvalue weighted by atomic mass is 35.5. The molecular formula is C6H7ClN2O. The zero-order valence-electron chi connectivity index (χ0n) is 5.54. The van der Waals surface area contributed by atoms with Gasteiger partial charge in [-0.3, -0.25) is 0 Å². The maximum Gasteiger partial charge on any atom is 0.115 e. The minimum Gasteiger partial charge on any atom is -0.378 e. The van der Waals surface area contributed by atoms with E-state index >= 15 is 0 Å². The maximum absolute atomic E-state index is 5.70. The first kappa shape index (κ1) is 7.44. The summed E-state index contributed by atoms with van der Waals surface area (Å²) in [6.07, 6.45) is 2.99. The van der Waals surface area contributed by atoms with Crippen LogP contribution in [0.4, 0.5) is 0 Å². The Hall–Kier alpha value is -0.670. The van der Waals surface area contributed by atoms with Gasteiger partial charge in [-0.1, -0.05) is 11.6 Å². The van der Waals surface area contributed by atoms with Crippen LogP contribution in [0, 0.1) is 0 Å². The Bertz CT molecular complexity index is 217. The summed E-state index contributed by atoms with van der Waals surface area (Å²) >= 11 is 5.70. The van der Waals surface area contributed by atoms with Crippen LogP contribution in [0.5, 0.6) is 0 Å². The summed E-state index contributed by atoms with van der Waals surface area (Å²) in [4.78, 5) is 7.63. The predicted molar refractivity (Wildman–Crippen MR) is 37.8 cm³/mol. The van der Waals surface area contributed by atoms with Gasteiger partial charge in [0.05, 0.1) is 17.3 Å². The molecule has 0 saturated heterocycles. The van der Waals surface area contributed by atoms with E-state index in [0.717, 1.165) is 5.69 Å². The van der Waals surface area contributed by atoms with Crippen LogP contribution in [0.25, 0.3) is 0 Å². The molecule has 3 nitrogen and oxygen atoms in total. The molecule has 0 aliphatic carbocycles. The number of ether oxygens (including phenoxy) is 1. The van der Waals surface area contributed by atoms with Crippen molar-refractivity contribution in [2.45, 2.75) is 6.61 Å². The van der Waals surface area contributed by atoms with E-state index in [0.29, 0.717) is 11.6 Å². The van der Waals surface area contributed by atoms with Crippen molar-refractivity contribution in [2.75, 3.05) is 7.11 Å². The second-order valence-electron chi connectivity index (χ2n) is 1.75. The Morgan fingerprint density at radius 3 is 3.10 bits per heavy atom. The lowest BCUT2D eigenvalue weighted by molar-refractivity contribution is 0.181. The van der Waals surface area contributed by atoms with Crippen LogP contribution in [-0.2, 0) is 11.3 Å². The third-order valence-corrected chi connectivity index (χ3v) is 1.34. The standard InChI is InChI=1S/C6H7ClN2O/c1-10-3-6-5(7)2-8-4-9-6/h2,4H,3H2,1H3. The van der Waals surface area contributed by atoms with Gasteiger partial charge in [-0.25, -0.2) is 9.97 Å². The van der Waals surface area contributed by atoms with Crippen LogP contribution in [0.2, 0.25) is 5.02 Å². The zero-order chi connectivity index (χ0) is 7.40. The van der Waals surface area contributed by atoms with E-state index in [4.69, 9.17) is 16.3 Å². The zero-order valence-corrected chi connectivity index (χ0v) is 6.30. The third kappa shape index (κ3) is 1.65. The number of methoxy groups -OCH3 is 1. The molecule has 4 heteroatoms. The quantitative estimate of drug-likeness (QED) is 0.651. The fourth-order valence-electron chi connectivity index (χ4n) is 0.581. The predicted octanol–water partition coefficient (Wildman–Crippen LogP) is 1.28. The molecule has 0 saturated carbocycles. The van der Waals surface area contributed by atoms with Gasteiger partial charge in [-0.2, -0.15) is 0 Å². The van der Waals surface area contributed by atoms with Gasteiger partial charge in [0.15, 0.2) is 0 Å². The molecule has 10 heavy (non-hydrogen) atoms. The molecule has 1 heterocycles. The first-order valence-corrected chi connectivity index (χ1v) is 3.15. The van der Waals surface area contributed by atoms with E-state index < -0.39 is 0 Å². The summed E-state index contributed by atoms with van der Waals surface area (Å²) in [5.74, 6) is 0. The summed E-state index contributed by atoms with van der Waals surface area (Å²) in [6, 6.07) is 0. The average Bonchev–Trinajstić information content (AvgIpc) is 1.94. The lowest BCUT2D eigenvalue weighted by Gasteiger charge is -1.98. The van der Waals surface area contributed by atoms with Crippen LogP contribution in [-0.4, -0.2) is 17.1 Å². The molecule has 0 N–H and O–H groups in total. The molecule has 1 aromatic rings. The molecule has 54 valence electrons. The van der Waals surface area contributed by atoms with Crippen LogP contribution in [0.15, 0.2) is 12.5 Å². The highest BCUT2D eigenvalue weighted by Crippen LogP contribution is 2.10. The smallest absolute Gasteiger partial charge is 0.115 e. The Balaban J connectivity index is 2.81. The second-order valence-corrected chi connectivity index (χ2v) is 2.16. The highest BCUT2D eigenvalue weighted by Gasteiger charge is 1.98. The maximum atomic E-state index is 5.70. The van der Waals surface area contributed by atoms with Crippen molar-refractivity contribution in [1.29, 1.82) is 0 Å². The Morgan fingerprint density at radius 1 is 1.70 bits per heavy atom. The number of halogens is 1. The number of nitrogens with zero attached hydrogens (tertiary/aromatic N) is 2. The Labute approximate surface area is 64.0 Å². The van der Waals surface area contributed by atoms with Gasteiger partial charge in [-0.05, 0) is 0 Å². The van der Waals surface area contributed by atoms with Crippen molar-refractivity contribution in [3.05, 3.63) is 23.2 Å². The lowest BCUT2D eigenvalue weighted by Crippen LogP contribution is -1.93. The van der Waals surface area contributed by atoms with Gasteiger partial charge >= 0.3 is 0 Å². The normalized spacial score (nSPS) is 9.80. The van der Waals surface area contributed by atoms with E-state index in [1.54, 1.807) is 13.3 Å². The first-order valence-electron chi connectivity index (χ1n) is 2.78. The molecule has 0 aromatic carbocycles. The monoisotopic (exact) mass is 158 g/mol. The largest absolute Gasteiger partial charge is 0.378 e. The minimum atomic E-state index is 0.432. The van der Waals surface area contributed by atoms with Crippen molar-refractivity contribution >= 4 is 11.6 Å². The fraction of sp³-hybridized carbons (Fsp3) is 0.333. The van der Waals surface area contributed by atoms with Crippen molar-refractivity contribution < 1.29 is 4.74 Å². The van der Waals surface area contributed by atoms with Crippen molar-refractivity contribution in [2.24, 2.45) is 0 Å². The van der Waals surface area contributed by atoms with E-state index in [9.17, 15) is 0 Å². The summed E-state index contributed by atoms with van der Waals surface area (Å²) in [6.45, 7) is 0.432. The molecule has 1 aromatic heterocycles. The molecule has 0 spiro atoms. The van der Waals surface area contributed by atoms with Gasteiger partial charge in [-0.15, -0.1) is 0 Å². The van der Waals surface area contributed by atoms with Crippen LogP contribution in [0.1, 0.15) is 5.69 Å². The molecule has 0 bridgehead atoms. The van der Waals surface area contributed by atoms with Crippen molar-refractivity contribution in [3.8, 4) is 0 Å². The second kappa shape index (κ2) is 3.49. The topological polar surface area (TPSA) is 35.0 Å². The number of aromatic nitrogens is 2. The SMILES string of the molecule is COCc1ncncc1Cl. The molecule has 0 aliphatic heterocycles. The minimum absolute atomic E-state index is 0.432. The molecule has 0 unspecified atom stereocenters. The molecule has 1 rings (SSSR count). The summed E-state index contributed by atoms with van der Waals surface area (Å²) < 4.78 is 4.83. The molecule has 0 fully saturated rings. The van der Waals surface area contributed by atoms with E-state index in [1.807, 2.05) is 0 Å². The first-order chi connectivity index (χ1) is 4.84. The third-order valence-electron chi connectivity index (χ3n) is 1.02. The van der Waals surface area contributed by atoms with Gasteiger partial charge in [0.1, 0.15) is 6.33 Å². The average molecular weight is 159 g/mol. The van der Waals surface area contributed by atoms with Gasteiger partial charge < -0.3 is 4.74 Å². The van der Waals surface area contributed by atoms with Crippen molar-refractivity contribution in [1.82, 2.24) is 9.97 Å². The van der Waals surface area contributed by atoms with Crippen LogP contribution >= 0.6 is 11.6 Å². The number of hydrogen-bond acceptors (Lipinski definition) is 3. The Morgan fingerprint density at radius 2 is 2.50 bits per heavy atom. The molecular weight excluding hydrogens is 152 g/mol. The van der Waals surface area contributed by atoms with Gasteiger partial charge in [0.2, 0.25) is 0 Å². The van der Waals surface area contributed by atoms with E-state index in [-0.39, 0.29) is 0 Å². The summed E-state index contributed by atoms with van der Waals surface area (Å²) in [7, 11) is 1.60. The van der Waals surface area contributed by atoms with E-state index in [1.165, 1.54) is 6.33 Å². The highest BCUT2D eigenvalue weighted by molar-refractivity contribution is 6.31. The number of hydrogen-bond donors (Lipinski definition) is 0. The number of rotatable bonds is 2. The summed E-state index contributed by atoms with van der Waals surface area (Å²) in [5.41, 5.74) is 0.721. The molecule has 0 atom stereocenters. The summed E-state index contributed by atoms with van der Waals surface area (Å²) in [5, 5.41) is 0.546. The van der Waals surface area contributed by atoms with Gasteiger partial charge in [0.25, 0.3) is 0 Å². The van der Waals surface area contributed by atoms with Crippen LogP contribution < -0.4 is 0 Å². The Kier molecular flexibility index (Phi) is 2.59. The van der Waals surface area contributed by atoms with Gasteiger partial charge in [0, 0.05) is 13.3 Å². The van der Waals surface area contributed by atoms with Crippen molar-refractivity contribution in [3.63, 3.8) is 0 Å². The van der Waals surface area contributed by atoms with E-state index in [2.05, 4.69) is 9.97 Å². The molecule has 0 amide bonds.